The summed E-state index contributed by atoms with van der Waals surface area (Å²) in [4.78, 5) is 0. The number of rotatable bonds is 17. The van der Waals surface area contributed by atoms with Crippen LogP contribution in [0.3, 0.4) is 0 Å². The molecule has 1 aromatic carbocycles. The maximum atomic E-state index is 13.1. The first-order chi connectivity index (χ1) is 16.4. The minimum absolute atomic E-state index is 0.0528. The van der Waals surface area contributed by atoms with Crippen LogP contribution in [-0.2, 0) is 28.2 Å². The lowest BCUT2D eigenvalue weighted by atomic mass is 9.87. The van der Waals surface area contributed by atoms with Crippen molar-refractivity contribution in [3.05, 3.63) is 34.9 Å². The molecule has 2 nitrogen and oxygen atoms in total. The van der Waals surface area contributed by atoms with Crippen LogP contribution < -0.4 is 0 Å². The lowest BCUT2D eigenvalue weighted by molar-refractivity contribution is -0.254. The minimum Gasteiger partial charge on any atom is -0.350 e. The highest BCUT2D eigenvalue weighted by atomic mass is 19.4. The molecule has 0 aliphatic heterocycles. The number of benzene rings is 1. The van der Waals surface area contributed by atoms with Crippen molar-refractivity contribution in [1.29, 1.82) is 0 Å². The highest BCUT2D eigenvalue weighted by molar-refractivity contribution is 5.33. The molecule has 0 aliphatic rings. The molecule has 8 heteroatoms. The molecule has 0 aliphatic carbocycles. The fourth-order valence-corrected chi connectivity index (χ4v) is 4.57. The second kappa shape index (κ2) is 15.1. The van der Waals surface area contributed by atoms with E-state index in [4.69, 9.17) is 9.47 Å². The van der Waals surface area contributed by atoms with Gasteiger partial charge in [-0.25, -0.2) is 0 Å². The Morgan fingerprint density at radius 2 is 1.11 bits per heavy atom. The lowest BCUT2D eigenvalue weighted by Crippen LogP contribution is -2.41. The summed E-state index contributed by atoms with van der Waals surface area (Å²) in [7, 11) is 0. The highest BCUT2D eigenvalue weighted by Crippen LogP contribution is 2.37. The molecule has 0 saturated carbocycles. The van der Waals surface area contributed by atoms with Crippen LogP contribution in [0, 0.1) is 5.92 Å². The average Bonchev–Trinajstić information content (AvgIpc) is 2.76. The van der Waals surface area contributed by atoms with Crippen LogP contribution in [0.1, 0.15) is 109 Å². The minimum atomic E-state index is -4.82. The van der Waals surface area contributed by atoms with E-state index in [9.17, 15) is 26.3 Å². The molecule has 0 radical (unpaired) electrons. The second-order valence-electron chi connectivity index (χ2n) is 9.30. The van der Waals surface area contributed by atoms with Crippen molar-refractivity contribution < 1.29 is 35.8 Å². The predicted molar refractivity (Wildman–Crippen MR) is 127 cm³/mol. The van der Waals surface area contributed by atoms with Crippen LogP contribution in [-0.4, -0.2) is 19.0 Å². The topological polar surface area (TPSA) is 18.5 Å². The Hall–Kier alpha value is -1.28. The second-order valence-corrected chi connectivity index (χ2v) is 9.30. The summed E-state index contributed by atoms with van der Waals surface area (Å²) >= 11 is 0. The van der Waals surface area contributed by atoms with E-state index in [1.165, 1.54) is 25.7 Å². The number of aryl methyl sites for hydroxylation is 1. The number of hydrogen-bond donors (Lipinski definition) is 0. The molecule has 1 aromatic rings. The molecule has 1 rings (SSSR count). The van der Waals surface area contributed by atoms with Gasteiger partial charge in [-0.15, -0.1) is 0 Å². The maximum Gasteiger partial charge on any atom is 0.416 e. The Balaban J connectivity index is 2.83. The molecule has 204 valence electrons. The van der Waals surface area contributed by atoms with E-state index in [0.29, 0.717) is 26.1 Å². The molecule has 0 N–H and O–H groups in total. The number of alkyl halides is 6. The quantitative estimate of drug-likeness (QED) is 0.118. The smallest absolute Gasteiger partial charge is 0.350 e. The standard InChI is InChI=1S/C27H42F6O2/c1-5-8-9-10-11-12-16-22(25(4,34-6-2)35-7-3)17-14-13-15-21-18-23(26(28,29)30)20-24(19-21)27(31,32)33/h18-20,22H,5-17H2,1-4H3. The molecule has 0 fully saturated rings. The Bertz CT molecular complexity index is 676. The molecule has 0 bridgehead atoms. The summed E-state index contributed by atoms with van der Waals surface area (Å²) in [5, 5.41) is 0. The Labute approximate surface area is 206 Å². The summed E-state index contributed by atoms with van der Waals surface area (Å²) in [5.74, 6) is -0.659. The van der Waals surface area contributed by atoms with E-state index in [-0.39, 0.29) is 24.0 Å². The normalized spacial score (nSPS) is 13.9. The molecule has 0 aromatic heterocycles. The highest BCUT2D eigenvalue weighted by Gasteiger charge is 2.37. The van der Waals surface area contributed by atoms with Crippen molar-refractivity contribution in [1.82, 2.24) is 0 Å². The van der Waals surface area contributed by atoms with Crippen LogP contribution in [0.2, 0.25) is 0 Å². The molecule has 0 spiro atoms. The SMILES string of the molecule is CCCCCCCCC(CCCCc1cc(C(F)(F)F)cc(C(F)(F)F)c1)C(C)(OCC)OCC. The van der Waals surface area contributed by atoms with Gasteiger partial charge < -0.3 is 9.47 Å². The molecule has 0 saturated heterocycles. The first-order valence-corrected chi connectivity index (χ1v) is 12.9. The lowest BCUT2D eigenvalue weighted by Gasteiger charge is -2.37. The Morgan fingerprint density at radius 1 is 0.657 bits per heavy atom. The Kier molecular flexibility index (Phi) is 13.7. The summed E-state index contributed by atoms with van der Waals surface area (Å²) in [6.45, 7) is 8.91. The van der Waals surface area contributed by atoms with Crippen molar-refractivity contribution in [2.75, 3.05) is 13.2 Å². The van der Waals surface area contributed by atoms with Gasteiger partial charge in [-0.2, -0.15) is 26.3 Å². The van der Waals surface area contributed by atoms with Crippen LogP contribution in [0.15, 0.2) is 18.2 Å². The van der Waals surface area contributed by atoms with Gasteiger partial charge in [-0.05, 0) is 70.2 Å². The number of halogens is 6. The first-order valence-electron chi connectivity index (χ1n) is 12.9. The molecular formula is C27H42F6O2. The van der Waals surface area contributed by atoms with Gasteiger partial charge in [0.05, 0.1) is 11.1 Å². The van der Waals surface area contributed by atoms with Crippen molar-refractivity contribution in [3.8, 4) is 0 Å². The first kappa shape index (κ1) is 31.7. The third-order valence-corrected chi connectivity index (χ3v) is 6.43. The largest absolute Gasteiger partial charge is 0.416 e. The van der Waals surface area contributed by atoms with Gasteiger partial charge in [-0.3, -0.25) is 0 Å². The zero-order chi connectivity index (χ0) is 26.5. The van der Waals surface area contributed by atoms with Crippen molar-refractivity contribution >= 4 is 0 Å². The van der Waals surface area contributed by atoms with Gasteiger partial charge in [0.15, 0.2) is 5.79 Å². The Morgan fingerprint density at radius 3 is 1.57 bits per heavy atom. The summed E-state index contributed by atoms with van der Waals surface area (Å²) in [6, 6.07) is 1.83. The van der Waals surface area contributed by atoms with Gasteiger partial charge >= 0.3 is 12.4 Å². The average molecular weight is 513 g/mol. The van der Waals surface area contributed by atoms with Crippen LogP contribution in [0.25, 0.3) is 0 Å². The van der Waals surface area contributed by atoms with Crippen molar-refractivity contribution in [3.63, 3.8) is 0 Å². The fourth-order valence-electron chi connectivity index (χ4n) is 4.57. The zero-order valence-corrected chi connectivity index (χ0v) is 21.6. The van der Waals surface area contributed by atoms with Crippen LogP contribution >= 0.6 is 0 Å². The van der Waals surface area contributed by atoms with Crippen molar-refractivity contribution in [2.45, 2.75) is 116 Å². The summed E-state index contributed by atoms with van der Waals surface area (Å²) in [5.41, 5.74) is -2.47. The summed E-state index contributed by atoms with van der Waals surface area (Å²) < 4.78 is 90.7. The van der Waals surface area contributed by atoms with Gasteiger partial charge in [0.25, 0.3) is 0 Å². The van der Waals surface area contributed by atoms with Crippen molar-refractivity contribution in [2.24, 2.45) is 5.92 Å². The van der Waals surface area contributed by atoms with E-state index in [0.717, 1.165) is 37.8 Å². The molecule has 1 atom stereocenters. The number of unbranched alkanes of at least 4 members (excludes halogenated alkanes) is 6. The van der Waals surface area contributed by atoms with Gasteiger partial charge in [0.1, 0.15) is 0 Å². The van der Waals surface area contributed by atoms with E-state index < -0.39 is 29.3 Å². The predicted octanol–water partition coefficient (Wildman–Crippen LogP) is 9.59. The van der Waals surface area contributed by atoms with Gasteiger partial charge in [0, 0.05) is 19.1 Å². The maximum absolute atomic E-state index is 13.1. The third-order valence-electron chi connectivity index (χ3n) is 6.43. The number of ether oxygens (including phenoxy) is 2. The van der Waals surface area contributed by atoms with Crippen LogP contribution in [0.4, 0.5) is 26.3 Å². The van der Waals surface area contributed by atoms with Gasteiger partial charge in [0.2, 0.25) is 0 Å². The molecule has 0 heterocycles. The molecular weight excluding hydrogens is 470 g/mol. The van der Waals surface area contributed by atoms with Crippen LogP contribution in [0.5, 0.6) is 0 Å². The fraction of sp³-hybridized carbons (Fsp3) is 0.778. The van der Waals surface area contributed by atoms with Gasteiger partial charge in [-0.1, -0.05) is 51.9 Å². The monoisotopic (exact) mass is 512 g/mol. The third kappa shape index (κ3) is 11.5. The van der Waals surface area contributed by atoms with E-state index in [2.05, 4.69) is 6.92 Å². The van der Waals surface area contributed by atoms with E-state index in [1.807, 2.05) is 20.8 Å². The molecule has 0 amide bonds. The molecule has 35 heavy (non-hydrogen) atoms. The molecule has 1 unspecified atom stereocenters. The van der Waals surface area contributed by atoms with E-state index in [1.54, 1.807) is 0 Å². The zero-order valence-electron chi connectivity index (χ0n) is 21.6. The van der Waals surface area contributed by atoms with E-state index >= 15 is 0 Å². The summed E-state index contributed by atoms with van der Waals surface area (Å²) in [6.07, 6.45) is 0.248. The number of hydrogen-bond acceptors (Lipinski definition) is 2.